The summed E-state index contributed by atoms with van der Waals surface area (Å²) < 4.78 is 6.01. The van der Waals surface area contributed by atoms with Gasteiger partial charge in [-0.1, -0.05) is 13.8 Å². The largest absolute Gasteiger partial charge is 0.477 e. The second kappa shape index (κ2) is 7.73. The number of likely N-dealkylation sites (tertiary alicyclic amines) is 1. The van der Waals surface area contributed by atoms with E-state index in [9.17, 15) is 10.1 Å². The Morgan fingerprint density at radius 3 is 2.58 bits per heavy atom. The van der Waals surface area contributed by atoms with Crippen molar-refractivity contribution in [2.45, 2.75) is 52.0 Å². The lowest BCUT2D eigenvalue weighted by Crippen LogP contribution is -2.62. The van der Waals surface area contributed by atoms with Gasteiger partial charge in [0.15, 0.2) is 0 Å². The average Bonchev–Trinajstić information content (AvgIpc) is 3.02. The summed E-state index contributed by atoms with van der Waals surface area (Å²) in [5.41, 5.74) is 5.71. The zero-order valence-electron chi connectivity index (χ0n) is 19.2. The van der Waals surface area contributed by atoms with Gasteiger partial charge in [0.2, 0.25) is 18.0 Å². The van der Waals surface area contributed by atoms with Gasteiger partial charge in [0.1, 0.15) is 11.9 Å². The van der Waals surface area contributed by atoms with Crippen LogP contribution in [0.5, 0.6) is 5.88 Å². The van der Waals surface area contributed by atoms with E-state index < -0.39 is 0 Å². The minimum Gasteiger partial charge on any atom is -0.477 e. The van der Waals surface area contributed by atoms with Gasteiger partial charge in [0.05, 0.1) is 12.2 Å². The lowest BCUT2D eigenvalue weighted by Gasteiger charge is -2.60. The topological polar surface area (TPSA) is 128 Å². The number of aromatic nitrogens is 1. The van der Waals surface area contributed by atoms with E-state index in [0.717, 1.165) is 44.5 Å². The van der Waals surface area contributed by atoms with Crippen molar-refractivity contribution in [3.05, 3.63) is 23.9 Å². The number of amides is 1. The Bertz CT molecular complexity index is 1050. The number of nitrogens with zero attached hydrogens (tertiary/aromatic N) is 5. The number of carbonyl (C=O) groups excluding carboxylic acids is 1. The van der Waals surface area contributed by atoms with Crippen LogP contribution in [0.4, 0.5) is 0 Å². The van der Waals surface area contributed by atoms with Crippen LogP contribution in [0.25, 0.3) is 0 Å². The number of amidine groups is 1. The fourth-order valence-corrected chi connectivity index (χ4v) is 7.41. The third kappa shape index (κ3) is 3.44. The first-order chi connectivity index (χ1) is 15.8. The quantitative estimate of drug-likeness (QED) is 0.693. The Morgan fingerprint density at radius 1 is 1.27 bits per heavy atom. The number of nitrogens with two attached hydrogens (primary N) is 1. The summed E-state index contributed by atoms with van der Waals surface area (Å²) in [6.07, 6.45) is 8.46. The number of aliphatic imine (C=N–C) groups is 1. The molecule has 5 fully saturated rings. The van der Waals surface area contributed by atoms with Crippen molar-refractivity contribution in [3.8, 4) is 18.1 Å². The molecular formula is C25H30N6O2. The van der Waals surface area contributed by atoms with Gasteiger partial charge in [-0.15, -0.1) is 0 Å². The van der Waals surface area contributed by atoms with Gasteiger partial charge in [-0.25, -0.2) is 4.98 Å². The first kappa shape index (κ1) is 21.7. The zero-order valence-corrected chi connectivity index (χ0v) is 19.2. The molecule has 0 aromatic carbocycles. The molecule has 0 radical (unpaired) electrons. The van der Waals surface area contributed by atoms with E-state index in [-0.39, 0.29) is 22.7 Å². The summed E-state index contributed by atoms with van der Waals surface area (Å²) >= 11 is 0. The summed E-state index contributed by atoms with van der Waals surface area (Å²) in [6.45, 7) is 5.47. The van der Waals surface area contributed by atoms with Crippen LogP contribution in [0.3, 0.4) is 0 Å². The number of nitriles is 2. The number of rotatable bonds is 5. The number of hydrogen-bond donors (Lipinski definition) is 1. The van der Waals surface area contributed by atoms with E-state index >= 15 is 0 Å². The number of carbonyl (C=O) groups is 1. The fraction of sp³-hybridized carbons (Fsp3) is 0.640. The fourth-order valence-electron chi connectivity index (χ4n) is 7.41. The third-order valence-corrected chi connectivity index (χ3v) is 8.85. The predicted octanol–water partition coefficient (Wildman–Crippen LogP) is 2.85. The maximum atomic E-state index is 12.4. The summed E-state index contributed by atoms with van der Waals surface area (Å²) in [4.78, 5) is 23.3. The number of primary amides is 1. The van der Waals surface area contributed by atoms with E-state index in [1.807, 2.05) is 6.19 Å². The minimum absolute atomic E-state index is 0.129. The van der Waals surface area contributed by atoms with Crippen molar-refractivity contribution < 1.29 is 9.53 Å². The van der Waals surface area contributed by atoms with Crippen molar-refractivity contribution in [1.29, 1.82) is 10.5 Å². The van der Waals surface area contributed by atoms with Crippen molar-refractivity contribution >= 4 is 11.7 Å². The first-order valence-electron chi connectivity index (χ1n) is 11.8. The second-order valence-corrected chi connectivity index (χ2v) is 11.0. The van der Waals surface area contributed by atoms with Crippen molar-refractivity contribution in [3.63, 3.8) is 0 Å². The maximum absolute atomic E-state index is 12.4. The normalized spacial score (nSPS) is 37.0. The SMILES string of the molecule is CC1(C)C(=NC#N)N(C2C3CC4CC2CC(C(N)=O)(C4)C3)CC1COc1ccc(C#N)cn1. The Hall–Kier alpha value is -3.13. The highest BCUT2D eigenvalue weighted by Crippen LogP contribution is 2.62. The van der Waals surface area contributed by atoms with Crippen LogP contribution in [0, 0.1) is 57.3 Å². The minimum atomic E-state index is -0.335. The van der Waals surface area contributed by atoms with E-state index in [2.05, 4.69) is 34.8 Å². The van der Waals surface area contributed by atoms with Crippen molar-refractivity contribution in [1.82, 2.24) is 9.88 Å². The van der Waals surface area contributed by atoms with Crippen LogP contribution in [0.15, 0.2) is 23.3 Å². The molecule has 8 nitrogen and oxygen atoms in total. The molecule has 1 amide bonds. The van der Waals surface area contributed by atoms with Crippen LogP contribution in [-0.4, -0.2) is 40.8 Å². The molecule has 1 saturated heterocycles. The van der Waals surface area contributed by atoms with Gasteiger partial charge in [-0.05, 0) is 55.9 Å². The zero-order chi connectivity index (χ0) is 23.4. The summed E-state index contributed by atoms with van der Waals surface area (Å²) in [5.74, 6) is 2.71. The molecule has 3 atom stereocenters. The standard InChI is InChI=1S/C25H30N6O2/c1-24(2)19(13-33-20-4-3-15(10-26)11-29-20)12-31(23(24)30-14-27)21-17-5-16-6-18(21)9-25(7-16,8-17)22(28)32/h3-4,11,16-19,21H,5-9,12-13H2,1-2H3,(H2,28,32). The molecular weight excluding hydrogens is 416 g/mol. The van der Waals surface area contributed by atoms with E-state index in [1.54, 1.807) is 12.1 Å². The molecule has 6 rings (SSSR count). The highest BCUT2D eigenvalue weighted by molar-refractivity contribution is 5.91. The lowest BCUT2D eigenvalue weighted by atomic mass is 9.47. The highest BCUT2D eigenvalue weighted by Gasteiger charge is 2.61. The smallest absolute Gasteiger partial charge is 0.223 e. The maximum Gasteiger partial charge on any atom is 0.223 e. The predicted molar refractivity (Wildman–Crippen MR) is 120 cm³/mol. The van der Waals surface area contributed by atoms with Gasteiger partial charge >= 0.3 is 0 Å². The van der Waals surface area contributed by atoms with E-state index in [1.165, 1.54) is 6.20 Å². The second-order valence-electron chi connectivity index (χ2n) is 11.0. The number of ether oxygens (including phenoxy) is 1. The number of hydrogen-bond acceptors (Lipinski definition) is 6. The first-order valence-corrected chi connectivity index (χ1v) is 11.8. The Kier molecular flexibility index (Phi) is 5.08. The molecule has 5 aliphatic rings. The molecule has 8 heteroatoms. The lowest BCUT2D eigenvalue weighted by molar-refractivity contribution is -0.149. The van der Waals surface area contributed by atoms with E-state index in [4.69, 9.17) is 15.7 Å². The summed E-state index contributed by atoms with van der Waals surface area (Å²) in [6, 6.07) is 5.76. The van der Waals surface area contributed by atoms with Crippen LogP contribution < -0.4 is 10.5 Å². The van der Waals surface area contributed by atoms with Crippen LogP contribution in [0.1, 0.15) is 51.5 Å². The molecule has 1 aromatic rings. The monoisotopic (exact) mass is 446 g/mol. The van der Waals surface area contributed by atoms with Gasteiger partial charge in [-0.3, -0.25) is 4.79 Å². The summed E-state index contributed by atoms with van der Waals surface area (Å²) in [5, 5.41) is 18.5. The molecule has 1 aromatic heterocycles. The molecule has 3 unspecified atom stereocenters. The molecule has 4 aliphatic carbocycles. The summed E-state index contributed by atoms with van der Waals surface area (Å²) in [7, 11) is 0. The molecule has 2 heterocycles. The molecule has 172 valence electrons. The number of pyridine rings is 1. The van der Waals surface area contributed by atoms with Crippen LogP contribution in [-0.2, 0) is 4.79 Å². The van der Waals surface area contributed by atoms with Crippen LogP contribution >= 0.6 is 0 Å². The molecule has 2 N–H and O–H groups in total. The Morgan fingerprint density at radius 2 is 2.00 bits per heavy atom. The van der Waals surface area contributed by atoms with Gasteiger partial charge in [0, 0.05) is 41.6 Å². The Labute approximate surface area is 194 Å². The molecule has 4 saturated carbocycles. The van der Waals surface area contributed by atoms with Gasteiger partial charge in [0.25, 0.3) is 0 Å². The van der Waals surface area contributed by atoms with Gasteiger partial charge < -0.3 is 15.4 Å². The van der Waals surface area contributed by atoms with E-state index in [0.29, 0.717) is 41.8 Å². The van der Waals surface area contributed by atoms with Crippen molar-refractivity contribution in [2.75, 3.05) is 13.2 Å². The molecule has 1 aliphatic heterocycles. The average molecular weight is 447 g/mol. The third-order valence-electron chi connectivity index (χ3n) is 8.85. The van der Waals surface area contributed by atoms with Gasteiger partial charge in [-0.2, -0.15) is 15.5 Å². The molecule has 4 bridgehead atoms. The van der Waals surface area contributed by atoms with Crippen LogP contribution in [0.2, 0.25) is 0 Å². The highest BCUT2D eigenvalue weighted by atomic mass is 16.5. The van der Waals surface area contributed by atoms with Crippen molar-refractivity contribution in [2.24, 2.45) is 45.2 Å². The molecule has 0 spiro atoms. The Balaban J connectivity index is 1.38. The molecule has 33 heavy (non-hydrogen) atoms.